The molecule has 0 spiro atoms. The van der Waals surface area contributed by atoms with Gasteiger partial charge in [0, 0.05) is 13.1 Å². The van der Waals surface area contributed by atoms with E-state index in [1.165, 1.54) is 16.7 Å². The zero-order valence-electron chi connectivity index (χ0n) is 13.2. The highest BCUT2D eigenvalue weighted by molar-refractivity contribution is 5.23. The van der Waals surface area contributed by atoms with Crippen molar-refractivity contribution >= 4 is 0 Å². The first-order chi connectivity index (χ1) is 10.3. The minimum Gasteiger partial charge on any atom is -0.317 e. The Morgan fingerprint density at radius 1 is 0.810 bits per heavy atom. The van der Waals surface area contributed by atoms with Gasteiger partial charge in [-0.3, -0.25) is 4.90 Å². The summed E-state index contributed by atoms with van der Waals surface area (Å²) in [5.74, 6) is 0. The molecule has 0 amide bonds. The predicted molar refractivity (Wildman–Crippen MR) is 90.3 cm³/mol. The summed E-state index contributed by atoms with van der Waals surface area (Å²) >= 11 is 0. The lowest BCUT2D eigenvalue weighted by molar-refractivity contribution is 0.319. The van der Waals surface area contributed by atoms with E-state index in [1.54, 1.807) is 0 Å². The quantitative estimate of drug-likeness (QED) is 0.746. The van der Waals surface area contributed by atoms with Crippen molar-refractivity contribution in [3.63, 3.8) is 0 Å². The fourth-order valence-electron chi connectivity index (χ4n) is 2.48. The second-order valence-corrected chi connectivity index (χ2v) is 5.58. The van der Waals surface area contributed by atoms with Crippen LogP contribution in [-0.4, -0.2) is 25.0 Å². The molecule has 0 heterocycles. The van der Waals surface area contributed by atoms with Crippen LogP contribution < -0.4 is 5.32 Å². The third-order valence-electron chi connectivity index (χ3n) is 3.61. The molecule has 2 aromatic rings. The SMILES string of the molecule is CCNCCc1ccc(CN(C)Cc2ccccc2)cc1. The van der Waals surface area contributed by atoms with Crippen molar-refractivity contribution in [2.75, 3.05) is 20.1 Å². The molecule has 21 heavy (non-hydrogen) atoms. The van der Waals surface area contributed by atoms with Gasteiger partial charge in [-0.2, -0.15) is 0 Å². The summed E-state index contributed by atoms with van der Waals surface area (Å²) < 4.78 is 0. The average Bonchev–Trinajstić information content (AvgIpc) is 2.50. The van der Waals surface area contributed by atoms with Gasteiger partial charge < -0.3 is 5.32 Å². The van der Waals surface area contributed by atoms with Crippen molar-refractivity contribution in [2.45, 2.75) is 26.4 Å². The van der Waals surface area contributed by atoms with E-state index >= 15 is 0 Å². The lowest BCUT2D eigenvalue weighted by Gasteiger charge is -2.17. The van der Waals surface area contributed by atoms with Crippen molar-refractivity contribution in [1.29, 1.82) is 0 Å². The number of nitrogens with zero attached hydrogens (tertiary/aromatic N) is 1. The zero-order valence-corrected chi connectivity index (χ0v) is 13.2. The first-order valence-corrected chi connectivity index (χ1v) is 7.79. The van der Waals surface area contributed by atoms with Gasteiger partial charge in [-0.05, 0) is 43.2 Å². The number of rotatable bonds is 8. The fraction of sp³-hybridized carbons (Fsp3) is 0.368. The smallest absolute Gasteiger partial charge is 0.0234 e. The van der Waals surface area contributed by atoms with E-state index < -0.39 is 0 Å². The summed E-state index contributed by atoms with van der Waals surface area (Å²) in [5, 5.41) is 3.36. The Morgan fingerprint density at radius 2 is 1.38 bits per heavy atom. The molecule has 2 nitrogen and oxygen atoms in total. The number of benzene rings is 2. The van der Waals surface area contributed by atoms with Crippen molar-refractivity contribution in [2.24, 2.45) is 0 Å². The Hall–Kier alpha value is -1.64. The van der Waals surface area contributed by atoms with Gasteiger partial charge in [0.15, 0.2) is 0 Å². The van der Waals surface area contributed by atoms with E-state index in [4.69, 9.17) is 0 Å². The Balaban J connectivity index is 1.82. The molecule has 0 aromatic heterocycles. The standard InChI is InChI=1S/C19H26N2/c1-3-20-14-13-17-9-11-19(12-10-17)16-21(2)15-18-7-5-4-6-8-18/h4-12,20H,3,13-16H2,1-2H3. The normalized spacial score (nSPS) is 11.0. The van der Waals surface area contributed by atoms with Crippen molar-refractivity contribution in [1.82, 2.24) is 10.2 Å². The van der Waals surface area contributed by atoms with E-state index in [9.17, 15) is 0 Å². The molecule has 0 fully saturated rings. The molecule has 0 saturated heterocycles. The maximum atomic E-state index is 3.36. The average molecular weight is 282 g/mol. The van der Waals surface area contributed by atoms with E-state index in [1.807, 2.05) is 0 Å². The molecule has 2 rings (SSSR count). The lowest BCUT2D eigenvalue weighted by atomic mass is 10.1. The first kappa shape index (κ1) is 15.7. The van der Waals surface area contributed by atoms with Crippen molar-refractivity contribution in [3.05, 3.63) is 71.3 Å². The lowest BCUT2D eigenvalue weighted by Crippen LogP contribution is -2.17. The monoisotopic (exact) mass is 282 g/mol. The van der Waals surface area contributed by atoms with Crippen LogP contribution in [0.3, 0.4) is 0 Å². The van der Waals surface area contributed by atoms with Gasteiger partial charge in [-0.15, -0.1) is 0 Å². The molecule has 1 N–H and O–H groups in total. The third-order valence-corrected chi connectivity index (χ3v) is 3.61. The van der Waals surface area contributed by atoms with Crippen molar-refractivity contribution in [3.8, 4) is 0 Å². The number of hydrogen-bond donors (Lipinski definition) is 1. The van der Waals surface area contributed by atoms with Crippen LogP contribution in [0.25, 0.3) is 0 Å². The van der Waals surface area contributed by atoms with E-state index in [-0.39, 0.29) is 0 Å². The van der Waals surface area contributed by atoms with E-state index in [2.05, 4.69) is 78.8 Å². The third kappa shape index (κ3) is 5.70. The van der Waals surface area contributed by atoms with Crippen LogP contribution >= 0.6 is 0 Å². The summed E-state index contributed by atoms with van der Waals surface area (Å²) in [5.41, 5.74) is 4.15. The van der Waals surface area contributed by atoms with Gasteiger partial charge in [0.1, 0.15) is 0 Å². The molecule has 0 aliphatic rings. The molecule has 0 saturated carbocycles. The van der Waals surface area contributed by atoms with Gasteiger partial charge >= 0.3 is 0 Å². The topological polar surface area (TPSA) is 15.3 Å². The predicted octanol–water partition coefficient (Wildman–Crippen LogP) is 3.47. The van der Waals surface area contributed by atoms with Crippen LogP contribution in [0.4, 0.5) is 0 Å². The number of likely N-dealkylation sites (N-methyl/N-ethyl adjacent to an activating group) is 1. The van der Waals surface area contributed by atoms with Gasteiger partial charge in [-0.25, -0.2) is 0 Å². The van der Waals surface area contributed by atoms with E-state index in [0.29, 0.717) is 0 Å². The van der Waals surface area contributed by atoms with Crippen LogP contribution in [0.15, 0.2) is 54.6 Å². The summed E-state index contributed by atoms with van der Waals surface area (Å²) in [7, 11) is 2.17. The Morgan fingerprint density at radius 3 is 2.00 bits per heavy atom. The van der Waals surface area contributed by atoms with Gasteiger partial charge in [0.2, 0.25) is 0 Å². The molecule has 0 radical (unpaired) electrons. The Kier molecular flexibility index (Phi) is 6.45. The zero-order chi connectivity index (χ0) is 14.9. The number of hydrogen-bond acceptors (Lipinski definition) is 2. The molecule has 0 aliphatic heterocycles. The van der Waals surface area contributed by atoms with Crippen LogP contribution in [0.2, 0.25) is 0 Å². The Bertz CT molecular complexity index is 505. The molecule has 0 unspecified atom stereocenters. The summed E-state index contributed by atoms with van der Waals surface area (Å²) in [4.78, 5) is 2.35. The van der Waals surface area contributed by atoms with Crippen LogP contribution in [0.5, 0.6) is 0 Å². The summed E-state index contributed by atoms with van der Waals surface area (Å²) in [6.07, 6.45) is 1.11. The van der Waals surface area contributed by atoms with Gasteiger partial charge in [0.05, 0.1) is 0 Å². The molecule has 112 valence electrons. The molecule has 0 aliphatic carbocycles. The van der Waals surface area contributed by atoms with Crippen molar-refractivity contribution < 1.29 is 0 Å². The van der Waals surface area contributed by atoms with Gasteiger partial charge in [0.25, 0.3) is 0 Å². The first-order valence-electron chi connectivity index (χ1n) is 7.79. The second kappa shape index (κ2) is 8.60. The highest BCUT2D eigenvalue weighted by atomic mass is 15.1. The summed E-state index contributed by atoms with van der Waals surface area (Å²) in [6, 6.07) is 19.6. The van der Waals surface area contributed by atoms with Crippen LogP contribution in [0.1, 0.15) is 23.6 Å². The summed E-state index contributed by atoms with van der Waals surface area (Å²) in [6.45, 7) is 6.23. The Labute approximate surface area is 128 Å². The molecule has 0 bridgehead atoms. The number of nitrogens with one attached hydrogen (secondary N) is 1. The fourth-order valence-corrected chi connectivity index (χ4v) is 2.48. The molecular formula is C19H26N2. The maximum absolute atomic E-state index is 3.36. The highest BCUT2D eigenvalue weighted by Gasteiger charge is 2.02. The van der Waals surface area contributed by atoms with Crippen LogP contribution in [0, 0.1) is 0 Å². The second-order valence-electron chi connectivity index (χ2n) is 5.58. The highest BCUT2D eigenvalue weighted by Crippen LogP contribution is 2.10. The largest absolute Gasteiger partial charge is 0.317 e. The molecule has 0 atom stereocenters. The molecule has 2 heteroatoms. The van der Waals surface area contributed by atoms with E-state index in [0.717, 1.165) is 32.6 Å². The minimum atomic E-state index is 0.988. The van der Waals surface area contributed by atoms with Gasteiger partial charge in [-0.1, -0.05) is 61.5 Å². The molecular weight excluding hydrogens is 256 g/mol. The minimum absolute atomic E-state index is 0.988. The van der Waals surface area contributed by atoms with Crippen LogP contribution in [-0.2, 0) is 19.5 Å². The molecule has 2 aromatic carbocycles. The maximum Gasteiger partial charge on any atom is 0.0234 e.